The van der Waals surface area contributed by atoms with Crippen molar-refractivity contribution in [3.8, 4) is 0 Å². The summed E-state index contributed by atoms with van der Waals surface area (Å²) in [5.74, 6) is -0.0785. The lowest BCUT2D eigenvalue weighted by atomic mass is 10.1. The fourth-order valence-electron chi connectivity index (χ4n) is 2.91. The molecule has 0 bridgehead atoms. The van der Waals surface area contributed by atoms with Gasteiger partial charge in [0.15, 0.2) is 5.65 Å². The van der Waals surface area contributed by atoms with Crippen molar-refractivity contribution >= 4 is 62.9 Å². The number of amides is 1. The average molecular weight is 435 g/mol. The Morgan fingerprint density at radius 3 is 3.00 bits per heavy atom. The molecule has 1 atom stereocenters. The second kappa shape index (κ2) is 7.98. The zero-order valence-electron chi connectivity index (χ0n) is 14.8. The number of aromatic nitrogens is 5. The smallest absolute Gasteiger partial charge is 0.233 e. The molecule has 4 rings (SSSR count). The molecule has 3 N–H and O–H groups in total. The number of H-pyrrole nitrogens is 2. The van der Waals surface area contributed by atoms with E-state index >= 15 is 0 Å². The fourth-order valence-corrected chi connectivity index (χ4v) is 4.23. The van der Waals surface area contributed by atoms with E-state index in [1.165, 1.54) is 18.1 Å². The average Bonchev–Trinajstić information content (AvgIpc) is 3.28. The van der Waals surface area contributed by atoms with Gasteiger partial charge in [-0.2, -0.15) is 4.98 Å². The first kappa shape index (κ1) is 19.0. The molecule has 1 aromatic carbocycles. The van der Waals surface area contributed by atoms with Crippen molar-refractivity contribution in [1.29, 1.82) is 0 Å². The minimum Gasteiger partial charge on any atom is -0.361 e. The number of carbonyl (C=O) groups is 1. The van der Waals surface area contributed by atoms with E-state index in [2.05, 4.69) is 30.2 Å². The van der Waals surface area contributed by atoms with E-state index in [0.717, 1.165) is 16.5 Å². The van der Waals surface area contributed by atoms with E-state index in [4.69, 9.17) is 23.2 Å². The molecule has 0 aliphatic rings. The monoisotopic (exact) mass is 434 g/mol. The largest absolute Gasteiger partial charge is 0.361 e. The highest BCUT2D eigenvalue weighted by Gasteiger charge is 2.18. The summed E-state index contributed by atoms with van der Waals surface area (Å²) in [6.07, 6.45) is 4.18. The fraction of sp³-hybridized carbons (Fsp3) is 0.222. The van der Waals surface area contributed by atoms with Crippen LogP contribution in [0.15, 0.2) is 35.7 Å². The number of nitrogens with zero attached hydrogens (tertiary/aromatic N) is 3. The van der Waals surface area contributed by atoms with Gasteiger partial charge in [-0.1, -0.05) is 23.4 Å². The van der Waals surface area contributed by atoms with Gasteiger partial charge in [-0.3, -0.25) is 4.79 Å². The zero-order chi connectivity index (χ0) is 19.7. The van der Waals surface area contributed by atoms with Crippen molar-refractivity contribution in [3.63, 3.8) is 0 Å². The molecule has 7 nitrogen and oxygen atoms in total. The predicted molar refractivity (Wildman–Crippen MR) is 112 cm³/mol. The summed E-state index contributed by atoms with van der Waals surface area (Å²) in [6, 6.07) is 5.72. The highest BCUT2D eigenvalue weighted by Crippen LogP contribution is 2.28. The summed E-state index contributed by atoms with van der Waals surface area (Å²) in [5.41, 5.74) is 3.29. The summed E-state index contributed by atoms with van der Waals surface area (Å²) in [4.78, 5) is 31.0. The maximum absolute atomic E-state index is 12.5. The standard InChI is InChI=1S/C18H16Cl2N6OS/c1-9(28-17-14-15(24-8-23-14)25-18(20)26-17)16(27)21-5-4-10-7-22-13-3-2-11(19)6-12(10)13/h2-3,6-9,22H,4-5H2,1H3,(H,21,27)(H,23,24,25,26)/t9-/m1/s1. The molecule has 0 saturated heterocycles. The highest BCUT2D eigenvalue weighted by atomic mass is 35.5. The summed E-state index contributed by atoms with van der Waals surface area (Å²) in [5, 5.41) is 5.08. The molecule has 0 radical (unpaired) electrons. The molecular formula is C18H16Cl2N6OS. The van der Waals surface area contributed by atoms with Crippen LogP contribution in [0.5, 0.6) is 0 Å². The Balaban J connectivity index is 1.38. The number of hydrogen-bond donors (Lipinski definition) is 3. The third-order valence-corrected chi connectivity index (χ3v) is 5.80. The lowest BCUT2D eigenvalue weighted by Gasteiger charge is -2.12. The minimum absolute atomic E-state index is 0.0785. The summed E-state index contributed by atoms with van der Waals surface area (Å²) in [7, 11) is 0. The number of nitrogens with one attached hydrogen (secondary N) is 3. The quantitative estimate of drug-likeness (QED) is 0.242. The van der Waals surface area contributed by atoms with E-state index in [1.54, 1.807) is 0 Å². The maximum Gasteiger partial charge on any atom is 0.233 e. The van der Waals surface area contributed by atoms with Crippen LogP contribution in [0.25, 0.3) is 22.1 Å². The first-order chi connectivity index (χ1) is 13.5. The molecular weight excluding hydrogens is 419 g/mol. The zero-order valence-corrected chi connectivity index (χ0v) is 17.1. The number of hydrogen-bond acceptors (Lipinski definition) is 5. The van der Waals surface area contributed by atoms with Crippen molar-refractivity contribution in [2.24, 2.45) is 0 Å². The van der Waals surface area contributed by atoms with Crippen LogP contribution < -0.4 is 5.32 Å². The highest BCUT2D eigenvalue weighted by molar-refractivity contribution is 8.00. The van der Waals surface area contributed by atoms with Crippen LogP contribution in [0, 0.1) is 0 Å². The summed E-state index contributed by atoms with van der Waals surface area (Å²) in [6.45, 7) is 2.34. The van der Waals surface area contributed by atoms with Gasteiger partial charge in [-0.15, -0.1) is 0 Å². The molecule has 4 aromatic rings. The maximum atomic E-state index is 12.5. The number of fused-ring (bicyclic) bond motifs is 2. The molecule has 0 aliphatic carbocycles. The lowest BCUT2D eigenvalue weighted by Crippen LogP contribution is -2.32. The molecule has 28 heavy (non-hydrogen) atoms. The molecule has 10 heteroatoms. The molecule has 3 aromatic heterocycles. The summed E-state index contributed by atoms with van der Waals surface area (Å²) < 4.78 is 0. The van der Waals surface area contributed by atoms with E-state index in [1.807, 2.05) is 31.3 Å². The van der Waals surface area contributed by atoms with Gasteiger partial charge in [0.25, 0.3) is 0 Å². The number of benzene rings is 1. The molecule has 0 unspecified atom stereocenters. The van der Waals surface area contributed by atoms with E-state index in [0.29, 0.717) is 34.2 Å². The summed E-state index contributed by atoms with van der Waals surface area (Å²) >= 11 is 13.3. The minimum atomic E-state index is -0.352. The number of halogens is 2. The van der Waals surface area contributed by atoms with E-state index in [-0.39, 0.29) is 16.4 Å². The Kier molecular flexibility index (Phi) is 5.43. The number of thioether (sulfide) groups is 1. The lowest BCUT2D eigenvalue weighted by molar-refractivity contribution is -0.120. The number of aromatic amines is 2. The predicted octanol–water partition coefficient (Wildman–Crippen LogP) is 3.98. The molecule has 3 heterocycles. The van der Waals surface area contributed by atoms with E-state index < -0.39 is 0 Å². The van der Waals surface area contributed by atoms with Crippen LogP contribution in [0.1, 0.15) is 12.5 Å². The molecule has 144 valence electrons. The van der Waals surface area contributed by atoms with Gasteiger partial charge in [0, 0.05) is 28.7 Å². The van der Waals surface area contributed by atoms with Crippen molar-refractivity contribution < 1.29 is 4.79 Å². The van der Waals surface area contributed by atoms with Crippen molar-refractivity contribution in [3.05, 3.63) is 46.6 Å². The van der Waals surface area contributed by atoms with Crippen LogP contribution >= 0.6 is 35.0 Å². The molecule has 0 saturated carbocycles. The number of imidazole rings is 1. The SMILES string of the molecule is C[C@@H](Sc1nc(Cl)nc2nc[nH]c12)C(=O)NCCc1c[nH]c2ccc(Cl)cc12. The first-order valence-electron chi connectivity index (χ1n) is 8.58. The molecule has 0 aliphatic heterocycles. The number of rotatable bonds is 6. The molecule has 0 fully saturated rings. The van der Waals surface area contributed by atoms with Crippen LogP contribution in [-0.4, -0.2) is 42.6 Å². The van der Waals surface area contributed by atoms with Crippen molar-refractivity contribution in [2.45, 2.75) is 23.6 Å². The molecule has 0 spiro atoms. The molecule has 1 amide bonds. The van der Waals surface area contributed by atoms with Crippen LogP contribution in [0.3, 0.4) is 0 Å². The van der Waals surface area contributed by atoms with Gasteiger partial charge >= 0.3 is 0 Å². The van der Waals surface area contributed by atoms with Crippen molar-refractivity contribution in [2.75, 3.05) is 6.54 Å². The van der Waals surface area contributed by atoms with Crippen LogP contribution in [0.4, 0.5) is 0 Å². The third-order valence-electron chi connectivity index (χ3n) is 4.31. The first-order valence-corrected chi connectivity index (χ1v) is 10.2. The van der Waals surface area contributed by atoms with Gasteiger partial charge in [-0.25, -0.2) is 9.97 Å². The third kappa shape index (κ3) is 3.94. The number of carbonyl (C=O) groups excluding carboxylic acids is 1. The Labute approximate surface area is 174 Å². The van der Waals surface area contributed by atoms with Crippen molar-refractivity contribution in [1.82, 2.24) is 30.2 Å². The second-order valence-electron chi connectivity index (χ2n) is 6.20. The van der Waals surface area contributed by atoms with Gasteiger partial charge in [0.1, 0.15) is 10.5 Å². The Bertz CT molecular complexity index is 1160. The van der Waals surface area contributed by atoms with E-state index in [9.17, 15) is 4.79 Å². The van der Waals surface area contributed by atoms with Gasteiger partial charge in [-0.05, 0) is 48.7 Å². The Morgan fingerprint density at radius 1 is 1.29 bits per heavy atom. The van der Waals surface area contributed by atoms with Crippen LogP contribution in [-0.2, 0) is 11.2 Å². The van der Waals surface area contributed by atoms with Gasteiger partial charge < -0.3 is 15.3 Å². The second-order valence-corrected chi connectivity index (χ2v) is 8.31. The van der Waals surface area contributed by atoms with Gasteiger partial charge in [0.05, 0.1) is 11.6 Å². The topological polar surface area (TPSA) is 99.3 Å². The van der Waals surface area contributed by atoms with Crippen LogP contribution in [0.2, 0.25) is 10.3 Å². The van der Waals surface area contributed by atoms with Gasteiger partial charge in [0.2, 0.25) is 11.2 Å². The Hall–Kier alpha value is -2.29. The Morgan fingerprint density at radius 2 is 2.14 bits per heavy atom. The normalized spacial score (nSPS) is 12.5.